The van der Waals surface area contributed by atoms with Gasteiger partial charge in [0.15, 0.2) is 5.11 Å². The van der Waals surface area contributed by atoms with Gasteiger partial charge in [-0.05, 0) is 25.1 Å². The van der Waals surface area contributed by atoms with Crippen LogP contribution in [0.5, 0.6) is 0 Å². The zero-order valence-electron chi connectivity index (χ0n) is 8.52. The topological polar surface area (TPSA) is 69.6 Å². The molecule has 1 rings (SSSR count). The molecule has 0 aliphatic carbocycles. The molecular formula is C9H14N2O3S. The molecule has 2 N–H and O–H groups in total. The van der Waals surface area contributed by atoms with Crippen LogP contribution in [0.15, 0.2) is 0 Å². The largest absolute Gasteiger partial charge is 0.481 e. The third-order valence-corrected chi connectivity index (χ3v) is 2.77. The smallest absolute Gasteiger partial charge is 0.306 e. The molecule has 1 aliphatic rings. The Bertz CT molecular complexity index is 285. The molecule has 0 spiro atoms. The number of carbonyl (C=O) groups is 2. The van der Waals surface area contributed by atoms with Crippen molar-refractivity contribution in [2.45, 2.75) is 19.8 Å². The molecule has 5 nitrogen and oxygen atoms in total. The number of nitrogens with zero attached hydrogens (tertiary/aromatic N) is 1. The maximum Gasteiger partial charge on any atom is 0.306 e. The number of carbonyl (C=O) groups excluding carboxylic acids is 1. The lowest BCUT2D eigenvalue weighted by molar-refractivity contribution is -0.143. The van der Waals surface area contributed by atoms with Crippen molar-refractivity contribution in [2.24, 2.45) is 5.92 Å². The number of likely N-dealkylation sites (tertiary alicyclic amines) is 1. The number of hydrogen-bond acceptors (Lipinski definition) is 3. The average Bonchev–Trinajstić information content (AvgIpc) is 2.17. The van der Waals surface area contributed by atoms with E-state index in [-0.39, 0.29) is 11.8 Å². The number of amides is 1. The van der Waals surface area contributed by atoms with E-state index < -0.39 is 5.97 Å². The van der Waals surface area contributed by atoms with Gasteiger partial charge in [0.25, 0.3) is 0 Å². The van der Waals surface area contributed by atoms with Crippen molar-refractivity contribution < 1.29 is 14.7 Å². The van der Waals surface area contributed by atoms with Crippen LogP contribution in [-0.2, 0) is 9.59 Å². The Hall–Kier alpha value is -1.17. The summed E-state index contributed by atoms with van der Waals surface area (Å²) in [5, 5.41) is 11.7. The van der Waals surface area contributed by atoms with E-state index in [2.05, 4.69) is 5.32 Å². The number of carboxylic acids is 1. The highest BCUT2D eigenvalue weighted by molar-refractivity contribution is 7.80. The van der Waals surface area contributed by atoms with Gasteiger partial charge < -0.3 is 15.3 Å². The molecule has 0 radical (unpaired) electrons. The summed E-state index contributed by atoms with van der Waals surface area (Å²) >= 11 is 5.00. The SMILES string of the molecule is CC(=O)NC(=S)N1CCC(C(=O)O)CC1. The third kappa shape index (κ3) is 3.47. The van der Waals surface area contributed by atoms with Gasteiger partial charge in [0.1, 0.15) is 0 Å². The molecule has 0 aromatic carbocycles. The van der Waals surface area contributed by atoms with Crippen molar-refractivity contribution in [1.82, 2.24) is 10.2 Å². The molecule has 84 valence electrons. The lowest BCUT2D eigenvalue weighted by Gasteiger charge is -2.31. The first-order valence-electron chi connectivity index (χ1n) is 4.80. The van der Waals surface area contributed by atoms with Gasteiger partial charge in [-0.15, -0.1) is 0 Å². The normalized spacial score (nSPS) is 17.3. The summed E-state index contributed by atoms with van der Waals surface area (Å²) in [6.45, 7) is 2.59. The standard InChI is InChI=1S/C9H14N2O3S/c1-6(12)10-9(15)11-4-2-7(3-5-11)8(13)14/h7H,2-5H2,1H3,(H,13,14)(H,10,12,15). The molecule has 1 heterocycles. The van der Waals surface area contributed by atoms with E-state index in [4.69, 9.17) is 17.3 Å². The fourth-order valence-corrected chi connectivity index (χ4v) is 1.89. The van der Waals surface area contributed by atoms with E-state index in [1.165, 1.54) is 6.92 Å². The molecule has 0 unspecified atom stereocenters. The predicted molar refractivity (Wildman–Crippen MR) is 58.3 cm³/mol. The maximum atomic E-state index is 10.7. The van der Waals surface area contributed by atoms with Crippen LogP contribution in [0.1, 0.15) is 19.8 Å². The molecule has 15 heavy (non-hydrogen) atoms. The Kier molecular flexibility index (Phi) is 4.02. The Balaban J connectivity index is 2.40. The van der Waals surface area contributed by atoms with Crippen molar-refractivity contribution in [1.29, 1.82) is 0 Å². The summed E-state index contributed by atoms with van der Waals surface area (Å²) in [6.07, 6.45) is 1.16. The highest BCUT2D eigenvalue weighted by atomic mass is 32.1. The number of nitrogens with one attached hydrogen (secondary N) is 1. The first-order valence-corrected chi connectivity index (χ1v) is 5.21. The van der Waals surface area contributed by atoms with E-state index >= 15 is 0 Å². The first-order chi connectivity index (χ1) is 7.00. The minimum Gasteiger partial charge on any atom is -0.481 e. The molecule has 1 aliphatic heterocycles. The first kappa shape index (κ1) is 11.9. The van der Waals surface area contributed by atoms with Crippen molar-refractivity contribution in [3.63, 3.8) is 0 Å². The Morgan fingerprint density at radius 3 is 2.33 bits per heavy atom. The number of aliphatic carboxylic acids is 1. The van der Waals surface area contributed by atoms with Crippen molar-refractivity contribution in [2.75, 3.05) is 13.1 Å². The van der Waals surface area contributed by atoms with Crippen LogP contribution in [0.3, 0.4) is 0 Å². The Morgan fingerprint density at radius 2 is 1.93 bits per heavy atom. The molecule has 0 saturated carbocycles. The molecule has 6 heteroatoms. The van der Waals surface area contributed by atoms with E-state index in [0.717, 1.165) is 0 Å². The minimum atomic E-state index is -0.750. The fraction of sp³-hybridized carbons (Fsp3) is 0.667. The Morgan fingerprint density at radius 1 is 1.40 bits per heavy atom. The van der Waals surface area contributed by atoms with Gasteiger partial charge >= 0.3 is 5.97 Å². The zero-order chi connectivity index (χ0) is 11.4. The van der Waals surface area contributed by atoms with Gasteiger partial charge in [-0.1, -0.05) is 0 Å². The zero-order valence-corrected chi connectivity index (χ0v) is 9.34. The molecule has 1 saturated heterocycles. The van der Waals surface area contributed by atoms with E-state index in [9.17, 15) is 9.59 Å². The second-order valence-corrected chi connectivity index (χ2v) is 3.97. The number of hydrogen-bond donors (Lipinski definition) is 2. The van der Waals surface area contributed by atoms with Gasteiger partial charge in [-0.3, -0.25) is 9.59 Å². The number of piperidine rings is 1. The van der Waals surface area contributed by atoms with Crippen LogP contribution in [0.4, 0.5) is 0 Å². The van der Waals surface area contributed by atoms with Crippen LogP contribution in [0.2, 0.25) is 0 Å². The second kappa shape index (κ2) is 5.06. The lowest BCUT2D eigenvalue weighted by atomic mass is 9.97. The predicted octanol–water partition coefficient (Wildman–Crippen LogP) is 0.204. The monoisotopic (exact) mass is 230 g/mol. The quantitative estimate of drug-likeness (QED) is 0.630. The van der Waals surface area contributed by atoms with Gasteiger partial charge in [0.2, 0.25) is 5.91 Å². The van der Waals surface area contributed by atoms with E-state index in [0.29, 0.717) is 31.0 Å². The van der Waals surface area contributed by atoms with Crippen LogP contribution in [0.25, 0.3) is 0 Å². The van der Waals surface area contributed by atoms with Gasteiger partial charge in [-0.2, -0.15) is 0 Å². The summed E-state index contributed by atoms with van der Waals surface area (Å²) in [5.74, 6) is -1.22. The highest BCUT2D eigenvalue weighted by Gasteiger charge is 2.25. The van der Waals surface area contributed by atoms with Crippen molar-refractivity contribution in [3.05, 3.63) is 0 Å². The Labute approximate surface area is 93.4 Å². The molecule has 0 aromatic rings. The average molecular weight is 230 g/mol. The van der Waals surface area contributed by atoms with Gasteiger partial charge in [-0.25, -0.2) is 0 Å². The summed E-state index contributed by atoms with van der Waals surface area (Å²) in [5.41, 5.74) is 0. The summed E-state index contributed by atoms with van der Waals surface area (Å²) in [6, 6.07) is 0. The molecular weight excluding hydrogens is 216 g/mol. The summed E-state index contributed by atoms with van der Waals surface area (Å²) in [4.78, 5) is 23.3. The molecule has 0 bridgehead atoms. The van der Waals surface area contributed by atoms with Crippen molar-refractivity contribution >= 4 is 29.2 Å². The van der Waals surface area contributed by atoms with Gasteiger partial charge in [0, 0.05) is 20.0 Å². The fourth-order valence-electron chi connectivity index (χ4n) is 1.56. The van der Waals surface area contributed by atoms with Crippen LogP contribution >= 0.6 is 12.2 Å². The van der Waals surface area contributed by atoms with E-state index in [1.54, 1.807) is 0 Å². The third-order valence-electron chi connectivity index (χ3n) is 2.41. The molecule has 0 atom stereocenters. The van der Waals surface area contributed by atoms with Gasteiger partial charge in [0.05, 0.1) is 5.92 Å². The number of carboxylic acid groups (broad SMARTS) is 1. The lowest BCUT2D eigenvalue weighted by Crippen LogP contribution is -2.46. The maximum absolute atomic E-state index is 10.7. The second-order valence-electron chi connectivity index (χ2n) is 3.59. The molecule has 1 amide bonds. The minimum absolute atomic E-state index is 0.194. The van der Waals surface area contributed by atoms with Crippen LogP contribution in [0, 0.1) is 5.92 Å². The summed E-state index contributed by atoms with van der Waals surface area (Å²) < 4.78 is 0. The molecule has 0 aromatic heterocycles. The van der Waals surface area contributed by atoms with Crippen LogP contribution < -0.4 is 5.32 Å². The number of rotatable bonds is 1. The number of thiocarbonyl (C=S) groups is 1. The highest BCUT2D eigenvalue weighted by Crippen LogP contribution is 2.17. The molecule has 1 fully saturated rings. The summed E-state index contributed by atoms with van der Waals surface area (Å²) in [7, 11) is 0. The van der Waals surface area contributed by atoms with Crippen molar-refractivity contribution in [3.8, 4) is 0 Å². The van der Waals surface area contributed by atoms with Crippen LogP contribution in [-0.4, -0.2) is 40.1 Å². The van der Waals surface area contributed by atoms with E-state index in [1.807, 2.05) is 4.90 Å².